The van der Waals surface area contributed by atoms with Gasteiger partial charge in [-0.15, -0.1) is 0 Å². The molecule has 0 saturated carbocycles. The number of aromatic nitrogens is 2. The van der Waals surface area contributed by atoms with Crippen molar-refractivity contribution in [3.8, 4) is 0 Å². The van der Waals surface area contributed by atoms with Gasteiger partial charge in [0.05, 0.1) is 0 Å². The van der Waals surface area contributed by atoms with Crippen molar-refractivity contribution in [2.45, 2.75) is 45.8 Å². The summed E-state index contributed by atoms with van der Waals surface area (Å²) < 4.78 is 1.98. The lowest BCUT2D eigenvalue weighted by atomic mass is 10.00. The zero-order valence-electron chi connectivity index (χ0n) is 8.62. The van der Waals surface area contributed by atoms with E-state index in [0.29, 0.717) is 0 Å². The third-order valence-corrected chi connectivity index (χ3v) is 2.27. The van der Waals surface area contributed by atoms with Crippen LogP contribution in [0, 0.1) is 0 Å². The third kappa shape index (κ3) is 2.10. The largest absolute Gasteiger partial charge is 0.382 e. The SMILES string of the molecule is CCCC(C)(O)c1nccn1CC. The van der Waals surface area contributed by atoms with Crippen molar-refractivity contribution in [2.24, 2.45) is 0 Å². The Bertz CT molecular complexity index is 266. The van der Waals surface area contributed by atoms with Gasteiger partial charge in [-0.25, -0.2) is 4.98 Å². The summed E-state index contributed by atoms with van der Waals surface area (Å²) in [6.07, 6.45) is 5.36. The van der Waals surface area contributed by atoms with Crippen LogP contribution in [0.3, 0.4) is 0 Å². The molecule has 1 unspecified atom stereocenters. The summed E-state index contributed by atoms with van der Waals surface area (Å²) in [6.45, 7) is 6.79. The zero-order valence-corrected chi connectivity index (χ0v) is 8.62. The lowest BCUT2D eigenvalue weighted by molar-refractivity contribution is 0.0342. The van der Waals surface area contributed by atoms with E-state index in [4.69, 9.17) is 0 Å². The zero-order chi connectivity index (χ0) is 9.90. The first-order chi connectivity index (χ1) is 6.11. The Kier molecular flexibility index (Phi) is 3.09. The second-order valence-electron chi connectivity index (χ2n) is 3.56. The molecule has 0 aromatic carbocycles. The van der Waals surface area contributed by atoms with E-state index in [0.717, 1.165) is 25.2 Å². The van der Waals surface area contributed by atoms with Crippen LogP contribution in [-0.2, 0) is 12.1 Å². The maximum Gasteiger partial charge on any atom is 0.140 e. The molecule has 0 amide bonds. The van der Waals surface area contributed by atoms with E-state index >= 15 is 0 Å². The summed E-state index contributed by atoms with van der Waals surface area (Å²) in [4.78, 5) is 4.19. The van der Waals surface area contributed by atoms with Gasteiger partial charge in [-0.05, 0) is 20.3 Å². The Morgan fingerprint density at radius 2 is 2.23 bits per heavy atom. The molecular formula is C10H18N2O. The van der Waals surface area contributed by atoms with Gasteiger partial charge >= 0.3 is 0 Å². The molecule has 0 aliphatic carbocycles. The molecule has 0 aliphatic heterocycles. The Balaban J connectivity index is 2.91. The quantitative estimate of drug-likeness (QED) is 0.772. The van der Waals surface area contributed by atoms with Gasteiger partial charge in [0.15, 0.2) is 0 Å². The lowest BCUT2D eigenvalue weighted by Crippen LogP contribution is -2.25. The van der Waals surface area contributed by atoms with E-state index in [1.165, 1.54) is 0 Å². The summed E-state index contributed by atoms with van der Waals surface area (Å²) in [7, 11) is 0. The van der Waals surface area contributed by atoms with Crippen LogP contribution < -0.4 is 0 Å². The summed E-state index contributed by atoms with van der Waals surface area (Å²) in [5.74, 6) is 0.775. The van der Waals surface area contributed by atoms with Crippen LogP contribution in [0.2, 0.25) is 0 Å². The highest BCUT2D eigenvalue weighted by Crippen LogP contribution is 2.23. The summed E-state index contributed by atoms with van der Waals surface area (Å²) in [5.41, 5.74) is -0.783. The highest BCUT2D eigenvalue weighted by atomic mass is 16.3. The van der Waals surface area contributed by atoms with Crippen molar-refractivity contribution in [1.29, 1.82) is 0 Å². The molecular weight excluding hydrogens is 164 g/mol. The highest BCUT2D eigenvalue weighted by Gasteiger charge is 2.26. The number of rotatable bonds is 4. The Hall–Kier alpha value is -0.830. The van der Waals surface area contributed by atoms with Gasteiger partial charge in [0.1, 0.15) is 11.4 Å². The van der Waals surface area contributed by atoms with Crippen LogP contribution in [0.4, 0.5) is 0 Å². The number of imidazole rings is 1. The van der Waals surface area contributed by atoms with Crippen molar-refractivity contribution in [3.63, 3.8) is 0 Å². The monoisotopic (exact) mass is 182 g/mol. The molecule has 0 fully saturated rings. The summed E-state index contributed by atoms with van der Waals surface area (Å²) in [6, 6.07) is 0. The molecule has 0 bridgehead atoms. The van der Waals surface area contributed by atoms with Crippen LogP contribution in [0.15, 0.2) is 12.4 Å². The van der Waals surface area contributed by atoms with Crippen molar-refractivity contribution >= 4 is 0 Å². The standard InChI is InChI=1S/C10H18N2O/c1-4-6-10(3,13)9-11-7-8-12(9)5-2/h7-8,13H,4-6H2,1-3H3. The Morgan fingerprint density at radius 3 is 2.77 bits per heavy atom. The molecule has 1 atom stereocenters. The van der Waals surface area contributed by atoms with Gasteiger partial charge in [-0.3, -0.25) is 0 Å². The average molecular weight is 182 g/mol. The van der Waals surface area contributed by atoms with Crippen molar-refractivity contribution in [2.75, 3.05) is 0 Å². The third-order valence-electron chi connectivity index (χ3n) is 2.27. The number of hydrogen-bond donors (Lipinski definition) is 1. The molecule has 0 saturated heterocycles. The van der Waals surface area contributed by atoms with Gasteiger partial charge in [0.2, 0.25) is 0 Å². The first-order valence-electron chi connectivity index (χ1n) is 4.85. The fourth-order valence-corrected chi connectivity index (χ4v) is 1.63. The minimum absolute atomic E-state index is 0.754. The van der Waals surface area contributed by atoms with Crippen molar-refractivity contribution in [1.82, 2.24) is 9.55 Å². The fourth-order valence-electron chi connectivity index (χ4n) is 1.63. The number of hydrogen-bond acceptors (Lipinski definition) is 2. The Morgan fingerprint density at radius 1 is 1.54 bits per heavy atom. The smallest absolute Gasteiger partial charge is 0.140 e. The minimum Gasteiger partial charge on any atom is -0.382 e. The van der Waals surface area contributed by atoms with Crippen LogP contribution in [-0.4, -0.2) is 14.7 Å². The molecule has 3 nitrogen and oxygen atoms in total. The van der Waals surface area contributed by atoms with Gasteiger partial charge in [0.25, 0.3) is 0 Å². The molecule has 0 spiro atoms. The van der Waals surface area contributed by atoms with Crippen LogP contribution >= 0.6 is 0 Å². The molecule has 0 aliphatic rings. The van der Waals surface area contributed by atoms with Crippen molar-refractivity contribution < 1.29 is 5.11 Å². The number of aryl methyl sites for hydroxylation is 1. The maximum atomic E-state index is 10.1. The molecule has 74 valence electrons. The minimum atomic E-state index is -0.783. The molecule has 13 heavy (non-hydrogen) atoms. The van der Waals surface area contributed by atoms with E-state index in [-0.39, 0.29) is 0 Å². The van der Waals surface area contributed by atoms with Gasteiger partial charge in [0, 0.05) is 18.9 Å². The average Bonchev–Trinajstić information content (AvgIpc) is 2.51. The van der Waals surface area contributed by atoms with E-state index < -0.39 is 5.60 Å². The topological polar surface area (TPSA) is 38.1 Å². The molecule has 1 aromatic rings. The predicted octanol–water partition coefficient (Wildman–Crippen LogP) is 1.91. The summed E-state index contributed by atoms with van der Waals surface area (Å²) >= 11 is 0. The molecule has 1 heterocycles. The van der Waals surface area contributed by atoms with Crippen LogP contribution in [0.25, 0.3) is 0 Å². The second kappa shape index (κ2) is 3.92. The molecule has 1 rings (SSSR count). The second-order valence-corrected chi connectivity index (χ2v) is 3.56. The summed E-state index contributed by atoms with van der Waals surface area (Å²) in [5, 5.41) is 10.1. The van der Waals surface area contributed by atoms with Crippen LogP contribution in [0.5, 0.6) is 0 Å². The van der Waals surface area contributed by atoms with Crippen molar-refractivity contribution in [3.05, 3.63) is 18.2 Å². The van der Waals surface area contributed by atoms with E-state index in [1.807, 2.05) is 24.6 Å². The molecule has 0 radical (unpaired) electrons. The predicted molar refractivity (Wildman–Crippen MR) is 52.4 cm³/mol. The molecule has 3 heteroatoms. The molecule has 1 N–H and O–H groups in total. The number of aliphatic hydroxyl groups is 1. The maximum absolute atomic E-state index is 10.1. The van der Waals surface area contributed by atoms with Crippen LogP contribution in [0.1, 0.15) is 39.4 Å². The molecule has 1 aromatic heterocycles. The first kappa shape index (κ1) is 10.3. The van der Waals surface area contributed by atoms with E-state index in [2.05, 4.69) is 11.9 Å². The normalized spacial score (nSPS) is 15.7. The van der Waals surface area contributed by atoms with Gasteiger partial charge in [-0.2, -0.15) is 0 Å². The van der Waals surface area contributed by atoms with E-state index in [1.54, 1.807) is 6.20 Å². The van der Waals surface area contributed by atoms with Gasteiger partial charge < -0.3 is 9.67 Å². The first-order valence-corrected chi connectivity index (χ1v) is 4.85. The highest BCUT2D eigenvalue weighted by molar-refractivity contribution is 5.02. The number of nitrogens with zero attached hydrogens (tertiary/aromatic N) is 2. The van der Waals surface area contributed by atoms with Gasteiger partial charge in [-0.1, -0.05) is 13.3 Å². The fraction of sp³-hybridized carbons (Fsp3) is 0.700. The Labute approximate surface area is 79.4 Å². The lowest BCUT2D eigenvalue weighted by Gasteiger charge is -2.22. The van der Waals surface area contributed by atoms with E-state index in [9.17, 15) is 5.11 Å².